The zero-order valence-corrected chi connectivity index (χ0v) is 18.7. The second kappa shape index (κ2) is 9.69. The highest BCUT2D eigenvalue weighted by Crippen LogP contribution is 2.54. The lowest BCUT2D eigenvalue weighted by molar-refractivity contribution is -0.0273. The number of alkyl halides is 2. The Balaban J connectivity index is 1.41. The van der Waals surface area contributed by atoms with Crippen LogP contribution in [0.5, 0.6) is 0 Å². The van der Waals surface area contributed by atoms with Gasteiger partial charge < -0.3 is 14.9 Å². The van der Waals surface area contributed by atoms with Gasteiger partial charge in [0, 0.05) is 24.7 Å². The van der Waals surface area contributed by atoms with Gasteiger partial charge in [-0.3, -0.25) is 0 Å². The molecule has 1 saturated heterocycles. The van der Waals surface area contributed by atoms with Crippen molar-refractivity contribution >= 4 is 0 Å². The van der Waals surface area contributed by atoms with E-state index in [4.69, 9.17) is 4.74 Å². The molecule has 3 N–H and O–H groups in total. The molecule has 0 amide bonds. The average molecular weight is 461 g/mol. The molecule has 33 heavy (non-hydrogen) atoms. The smallest absolute Gasteiger partial charge is 0.310 e. The molecule has 178 valence electrons. The Hall–Kier alpha value is -2.65. The second-order valence-electron chi connectivity index (χ2n) is 9.05. The van der Waals surface area contributed by atoms with Gasteiger partial charge in [-0.25, -0.2) is 0 Å². The fourth-order valence-electron chi connectivity index (χ4n) is 4.80. The topological polar surface area (TPSA) is 104 Å². The number of fused-ring (bicyclic) bond motifs is 1. The van der Waals surface area contributed by atoms with Crippen molar-refractivity contribution in [3.05, 3.63) is 65.2 Å². The maximum Gasteiger partial charge on any atom is 0.310 e. The number of aliphatic hydroxyl groups is 2. The highest BCUT2D eigenvalue weighted by molar-refractivity contribution is 5.27. The number of hydrogen-bond donors (Lipinski definition) is 3. The van der Waals surface area contributed by atoms with Crippen molar-refractivity contribution in [2.75, 3.05) is 0 Å². The Morgan fingerprint density at radius 3 is 2.91 bits per heavy atom. The highest BCUT2D eigenvalue weighted by Gasteiger charge is 2.63. The molecule has 0 bridgehead atoms. The Bertz CT molecular complexity index is 995. The van der Waals surface area contributed by atoms with Crippen molar-refractivity contribution in [2.45, 2.75) is 69.7 Å². The molecule has 1 saturated carbocycles. The summed E-state index contributed by atoms with van der Waals surface area (Å²) in [6, 6.07) is 7.84. The van der Waals surface area contributed by atoms with Crippen molar-refractivity contribution in [1.29, 1.82) is 0 Å². The molecule has 1 aromatic carbocycles. The van der Waals surface area contributed by atoms with Gasteiger partial charge in [0.25, 0.3) is 0 Å². The van der Waals surface area contributed by atoms with Crippen LogP contribution < -0.4 is 0 Å². The number of H-pyrrole nitrogens is 1. The number of ether oxygens (including phenoxy) is 1. The lowest BCUT2D eigenvalue weighted by atomic mass is 9.86. The maximum atomic E-state index is 15.2. The summed E-state index contributed by atoms with van der Waals surface area (Å²) in [6.45, 7) is 3.87. The Morgan fingerprint density at radius 2 is 2.18 bits per heavy atom. The quantitative estimate of drug-likeness (QED) is 0.412. The molecular weight excluding hydrogens is 430 g/mol. The first-order valence-electron chi connectivity index (χ1n) is 11.4. The number of tetrazole rings is 1. The summed E-state index contributed by atoms with van der Waals surface area (Å²) in [5.41, 5.74) is 2.06. The molecule has 2 aromatic rings. The minimum Gasteiger partial charge on any atom is -0.488 e. The first-order valence-corrected chi connectivity index (χ1v) is 11.4. The Morgan fingerprint density at radius 1 is 1.36 bits per heavy atom. The molecule has 9 heteroatoms. The summed E-state index contributed by atoms with van der Waals surface area (Å²) in [6.07, 6.45) is 3.62. The molecule has 0 spiro atoms. The van der Waals surface area contributed by atoms with Crippen LogP contribution >= 0.6 is 0 Å². The standard InChI is InChI=1S/C24H30F2N4O3/c1-14-6-5-7-16(12-14)15(2)18(31)11-10-17-19(32)13-20-23(17)24(25,26)21(33-20)8-3-4-9-22-27-29-30-28-22/h5-8,10-12,15,17-20,23,31-32H,3-4,9,13H2,1-2H3,(H,27,28,29,30)/b11-10+,21-8-/t15-,17-,18+,19+,20-,23+/m0/s1. The number of aliphatic hydroxyl groups excluding tert-OH is 2. The van der Waals surface area contributed by atoms with Crippen LogP contribution in [0, 0.1) is 18.8 Å². The fourth-order valence-corrected chi connectivity index (χ4v) is 4.80. The molecule has 0 unspecified atom stereocenters. The normalized spacial score (nSPS) is 29.3. The van der Waals surface area contributed by atoms with Crippen LogP contribution in [0.2, 0.25) is 0 Å². The van der Waals surface area contributed by atoms with Crippen molar-refractivity contribution in [2.24, 2.45) is 11.8 Å². The van der Waals surface area contributed by atoms with Gasteiger partial charge in [0.2, 0.25) is 0 Å². The van der Waals surface area contributed by atoms with Crippen LogP contribution in [-0.2, 0) is 11.2 Å². The minimum absolute atomic E-state index is 0.138. The number of aryl methyl sites for hydroxylation is 2. The van der Waals surface area contributed by atoms with Crippen molar-refractivity contribution in [3.63, 3.8) is 0 Å². The molecule has 7 nitrogen and oxygen atoms in total. The van der Waals surface area contributed by atoms with E-state index in [0.29, 0.717) is 25.1 Å². The van der Waals surface area contributed by atoms with Crippen LogP contribution in [0.25, 0.3) is 0 Å². The van der Waals surface area contributed by atoms with Crippen molar-refractivity contribution in [3.8, 4) is 0 Å². The number of allylic oxidation sites excluding steroid dienone is 2. The van der Waals surface area contributed by atoms with Gasteiger partial charge in [-0.05, 0) is 31.4 Å². The highest BCUT2D eigenvalue weighted by atomic mass is 19.3. The number of aromatic amines is 1. The predicted octanol–water partition coefficient (Wildman–Crippen LogP) is 3.47. The summed E-state index contributed by atoms with van der Waals surface area (Å²) in [7, 11) is 0. The largest absolute Gasteiger partial charge is 0.488 e. The van der Waals surface area contributed by atoms with Crippen LogP contribution in [0.4, 0.5) is 8.78 Å². The molecule has 2 fully saturated rings. The number of hydrogen-bond acceptors (Lipinski definition) is 6. The first kappa shape index (κ1) is 23.5. The van der Waals surface area contributed by atoms with E-state index in [1.54, 1.807) is 6.08 Å². The van der Waals surface area contributed by atoms with Crippen LogP contribution in [0.3, 0.4) is 0 Å². The monoisotopic (exact) mass is 460 g/mol. The fraction of sp³-hybridized carbons (Fsp3) is 0.542. The molecule has 0 radical (unpaired) electrons. The van der Waals surface area contributed by atoms with E-state index in [-0.39, 0.29) is 18.1 Å². The number of rotatable bonds is 8. The summed E-state index contributed by atoms with van der Waals surface area (Å²) >= 11 is 0. The molecule has 6 atom stereocenters. The van der Waals surface area contributed by atoms with E-state index in [9.17, 15) is 10.2 Å². The minimum atomic E-state index is -3.18. The number of unbranched alkanes of at least 4 members (excludes halogenated alkanes) is 1. The number of benzene rings is 1. The second-order valence-corrected chi connectivity index (χ2v) is 9.05. The number of halogens is 2. The lowest BCUT2D eigenvalue weighted by Crippen LogP contribution is -2.33. The number of nitrogens with one attached hydrogen (secondary N) is 1. The molecule has 1 aliphatic heterocycles. The van der Waals surface area contributed by atoms with E-state index in [1.807, 2.05) is 38.1 Å². The van der Waals surface area contributed by atoms with E-state index in [2.05, 4.69) is 20.6 Å². The average Bonchev–Trinajstić information content (AvgIpc) is 3.46. The van der Waals surface area contributed by atoms with Gasteiger partial charge in [0.1, 0.15) is 6.10 Å². The van der Waals surface area contributed by atoms with Crippen LogP contribution in [0.1, 0.15) is 49.1 Å². The third kappa shape index (κ3) is 4.99. The van der Waals surface area contributed by atoms with Gasteiger partial charge in [0.15, 0.2) is 11.6 Å². The Kier molecular flexibility index (Phi) is 6.90. The molecule has 2 heterocycles. The van der Waals surface area contributed by atoms with Crippen molar-refractivity contribution in [1.82, 2.24) is 20.6 Å². The third-order valence-electron chi connectivity index (χ3n) is 6.69. The summed E-state index contributed by atoms with van der Waals surface area (Å²) in [4.78, 5) is 0. The zero-order valence-electron chi connectivity index (χ0n) is 18.7. The van der Waals surface area contributed by atoms with E-state index >= 15 is 8.78 Å². The summed E-state index contributed by atoms with van der Waals surface area (Å²) in [5.74, 6) is -5.13. The van der Waals surface area contributed by atoms with Gasteiger partial charge >= 0.3 is 5.92 Å². The van der Waals surface area contributed by atoms with Gasteiger partial charge in [0.05, 0.1) is 18.1 Å². The zero-order chi connectivity index (χ0) is 23.6. The summed E-state index contributed by atoms with van der Waals surface area (Å²) in [5, 5.41) is 34.6. The predicted molar refractivity (Wildman–Crippen MR) is 117 cm³/mol. The van der Waals surface area contributed by atoms with Crippen LogP contribution in [0.15, 0.2) is 48.3 Å². The van der Waals surface area contributed by atoms with E-state index in [0.717, 1.165) is 11.1 Å². The molecule has 1 aliphatic carbocycles. The number of nitrogens with zero attached hydrogens (tertiary/aromatic N) is 3. The Labute approximate surface area is 191 Å². The van der Waals surface area contributed by atoms with Gasteiger partial charge in [-0.1, -0.05) is 54.1 Å². The molecule has 1 aromatic heterocycles. The SMILES string of the molecule is Cc1cccc([C@H](C)[C@H](O)/C=C/[C@@H]2[C@@H]3[C@H](C[C@H]2O)O/C(=C\CCCc2nn[nH]n2)C3(F)F)c1. The maximum absolute atomic E-state index is 15.2. The van der Waals surface area contributed by atoms with Crippen molar-refractivity contribution < 1.29 is 23.7 Å². The molecule has 2 aliphatic rings. The van der Waals surface area contributed by atoms with E-state index in [1.165, 1.54) is 12.2 Å². The van der Waals surface area contributed by atoms with Gasteiger partial charge in [-0.2, -0.15) is 14.0 Å². The van der Waals surface area contributed by atoms with Crippen LogP contribution in [-0.4, -0.2) is 55.1 Å². The number of aromatic nitrogens is 4. The third-order valence-corrected chi connectivity index (χ3v) is 6.69. The summed E-state index contributed by atoms with van der Waals surface area (Å²) < 4.78 is 36.1. The lowest BCUT2D eigenvalue weighted by Gasteiger charge is -2.23. The first-order chi connectivity index (χ1) is 15.8. The molecular formula is C24H30F2N4O3. The molecule has 4 rings (SSSR count). The van der Waals surface area contributed by atoms with Gasteiger partial charge in [-0.15, -0.1) is 10.2 Å². The van der Waals surface area contributed by atoms with E-state index < -0.39 is 36.1 Å².